The van der Waals surface area contributed by atoms with Crippen molar-refractivity contribution in [3.05, 3.63) is 0 Å². The molecule has 0 aromatic rings. The fourth-order valence-corrected chi connectivity index (χ4v) is 3.00. The Morgan fingerprint density at radius 1 is 0.852 bits per heavy atom. The Bertz CT molecular complexity index is 477. The van der Waals surface area contributed by atoms with Crippen LogP contribution in [0.4, 0.5) is 0 Å². The van der Waals surface area contributed by atoms with Crippen LogP contribution in [-0.2, 0) is 24.0 Å². The van der Waals surface area contributed by atoms with Gasteiger partial charge >= 0.3 is 5.97 Å². The Hall–Kier alpha value is -1.92. The highest BCUT2D eigenvalue weighted by Crippen LogP contribution is 2.13. The zero-order chi connectivity index (χ0) is 19.9. The SMILES string of the molecule is CCCCCCCCCCCCCC(=O)NCC(=O)ON1C(=O)CCC1=O. The molecular formula is C20H34N2O5. The van der Waals surface area contributed by atoms with E-state index in [9.17, 15) is 19.2 Å². The van der Waals surface area contributed by atoms with Crippen molar-refractivity contribution in [2.24, 2.45) is 0 Å². The molecule has 0 aliphatic carbocycles. The number of hydroxylamine groups is 2. The highest BCUT2D eigenvalue weighted by molar-refractivity contribution is 6.01. The molecular weight excluding hydrogens is 348 g/mol. The van der Waals surface area contributed by atoms with Crippen LogP contribution in [0.1, 0.15) is 96.8 Å². The van der Waals surface area contributed by atoms with Gasteiger partial charge in [0.15, 0.2) is 0 Å². The number of carbonyl (C=O) groups is 4. The van der Waals surface area contributed by atoms with Gasteiger partial charge in [0.1, 0.15) is 6.54 Å². The molecule has 0 bridgehead atoms. The molecule has 0 spiro atoms. The van der Waals surface area contributed by atoms with E-state index in [2.05, 4.69) is 17.1 Å². The monoisotopic (exact) mass is 382 g/mol. The number of hydrogen-bond acceptors (Lipinski definition) is 5. The average molecular weight is 383 g/mol. The smallest absolute Gasteiger partial charge is 0.345 e. The summed E-state index contributed by atoms with van der Waals surface area (Å²) in [5.41, 5.74) is 0. The van der Waals surface area contributed by atoms with E-state index < -0.39 is 17.8 Å². The Morgan fingerprint density at radius 2 is 1.33 bits per heavy atom. The summed E-state index contributed by atoms with van der Waals surface area (Å²) in [7, 11) is 0. The van der Waals surface area contributed by atoms with E-state index in [-0.39, 0.29) is 25.3 Å². The maximum atomic E-state index is 11.7. The van der Waals surface area contributed by atoms with Gasteiger partial charge in [0.2, 0.25) is 5.91 Å². The van der Waals surface area contributed by atoms with Crippen LogP contribution >= 0.6 is 0 Å². The lowest BCUT2D eigenvalue weighted by Gasteiger charge is -2.12. The van der Waals surface area contributed by atoms with Crippen molar-refractivity contribution in [2.75, 3.05) is 6.54 Å². The Labute approximate surface area is 162 Å². The molecule has 0 saturated carbocycles. The molecule has 3 amide bonds. The van der Waals surface area contributed by atoms with Crippen molar-refractivity contribution >= 4 is 23.7 Å². The van der Waals surface area contributed by atoms with Crippen molar-refractivity contribution in [3.8, 4) is 0 Å². The summed E-state index contributed by atoms with van der Waals surface area (Å²) in [6, 6.07) is 0. The highest BCUT2D eigenvalue weighted by atomic mass is 16.7. The van der Waals surface area contributed by atoms with Crippen LogP contribution in [0.3, 0.4) is 0 Å². The number of unbranched alkanes of at least 4 members (excludes halogenated alkanes) is 10. The van der Waals surface area contributed by atoms with Crippen LogP contribution < -0.4 is 5.32 Å². The van der Waals surface area contributed by atoms with Crippen LogP contribution in [0.25, 0.3) is 0 Å². The lowest BCUT2D eigenvalue weighted by molar-refractivity contribution is -0.196. The van der Waals surface area contributed by atoms with E-state index in [1.165, 1.54) is 51.4 Å². The second-order valence-electron chi connectivity index (χ2n) is 7.11. The normalized spacial score (nSPS) is 13.9. The zero-order valence-corrected chi connectivity index (χ0v) is 16.6. The molecule has 27 heavy (non-hydrogen) atoms. The van der Waals surface area contributed by atoms with E-state index in [1.54, 1.807) is 0 Å². The second-order valence-corrected chi connectivity index (χ2v) is 7.11. The van der Waals surface area contributed by atoms with Crippen molar-refractivity contribution < 1.29 is 24.0 Å². The Balaban J connectivity index is 1.93. The number of imide groups is 1. The van der Waals surface area contributed by atoms with Gasteiger partial charge < -0.3 is 10.2 Å². The van der Waals surface area contributed by atoms with Gasteiger partial charge in [-0.05, 0) is 6.42 Å². The molecule has 7 heteroatoms. The van der Waals surface area contributed by atoms with Crippen molar-refractivity contribution in [1.82, 2.24) is 10.4 Å². The molecule has 0 atom stereocenters. The summed E-state index contributed by atoms with van der Waals surface area (Å²) < 4.78 is 0. The van der Waals surface area contributed by atoms with Crippen LogP contribution in [0.2, 0.25) is 0 Å². The van der Waals surface area contributed by atoms with E-state index in [1.807, 2.05) is 0 Å². The minimum absolute atomic E-state index is 0.0529. The lowest BCUT2D eigenvalue weighted by atomic mass is 10.1. The first kappa shape index (κ1) is 23.1. The molecule has 0 radical (unpaired) electrons. The minimum Gasteiger partial charge on any atom is -0.345 e. The van der Waals surface area contributed by atoms with Gasteiger partial charge in [-0.3, -0.25) is 14.4 Å². The number of amides is 3. The van der Waals surface area contributed by atoms with Crippen LogP contribution in [0.5, 0.6) is 0 Å². The van der Waals surface area contributed by atoms with E-state index in [4.69, 9.17) is 0 Å². The number of carbonyl (C=O) groups excluding carboxylic acids is 4. The maximum Gasteiger partial charge on any atom is 0.352 e. The van der Waals surface area contributed by atoms with Gasteiger partial charge in [-0.15, -0.1) is 5.06 Å². The molecule has 1 aliphatic rings. The van der Waals surface area contributed by atoms with E-state index in [0.29, 0.717) is 11.5 Å². The first-order valence-corrected chi connectivity index (χ1v) is 10.4. The molecule has 1 rings (SSSR count). The van der Waals surface area contributed by atoms with Crippen molar-refractivity contribution in [2.45, 2.75) is 96.8 Å². The first-order valence-electron chi connectivity index (χ1n) is 10.4. The summed E-state index contributed by atoms with van der Waals surface area (Å²) in [6.45, 7) is 1.89. The first-order chi connectivity index (χ1) is 13.0. The third-order valence-electron chi connectivity index (χ3n) is 4.64. The van der Waals surface area contributed by atoms with Gasteiger partial charge in [0.25, 0.3) is 11.8 Å². The standard InChI is InChI=1S/C20H34N2O5/c1-2-3-4-5-6-7-8-9-10-11-12-13-17(23)21-16-20(26)27-22-18(24)14-15-19(22)25/h2-16H2,1H3,(H,21,23). The number of rotatable bonds is 15. The van der Waals surface area contributed by atoms with Gasteiger partial charge in [-0.1, -0.05) is 71.1 Å². The zero-order valence-electron chi connectivity index (χ0n) is 16.6. The molecule has 1 heterocycles. The lowest BCUT2D eigenvalue weighted by Crippen LogP contribution is -2.37. The maximum absolute atomic E-state index is 11.7. The third kappa shape index (κ3) is 10.7. The largest absolute Gasteiger partial charge is 0.352 e. The number of nitrogens with zero attached hydrogens (tertiary/aromatic N) is 1. The average Bonchev–Trinajstić information content (AvgIpc) is 2.96. The topological polar surface area (TPSA) is 92.8 Å². The molecule has 1 aliphatic heterocycles. The number of hydrogen-bond donors (Lipinski definition) is 1. The predicted molar refractivity (Wildman–Crippen MR) is 101 cm³/mol. The van der Waals surface area contributed by atoms with Gasteiger partial charge in [-0.2, -0.15) is 0 Å². The summed E-state index contributed by atoms with van der Waals surface area (Å²) in [6.07, 6.45) is 13.8. The molecule has 7 nitrogen and oxygen atoms in total. The predicted octanol–water partition coefficient (Wildman–Crippen LogP) is 3.41. The second kappa shape index (κ2) is 14.2. The van der Waals surface area contributed by atoms with Crippen LogP contribution in [0.15, 0.2) is 0 Å². The summed E-state index contributed by atoms with van der Waals surface area (Å²) in [5, 5.41) is 2.94. The Kier molecular flexibility index (Phi) is 12.1. The van der Waals surface area contributed by atoms with Crippen LogP contribution in [0, 0.1) is 0 Å². The molecule has 154 valence electrons. The molecule has 1 N–H and O–H groups in total. The fraction of sp³-hybridized carbons (Fsp3) is 0.800. The molecule has 0 aromatic carbocycles. The van der Waals surface area contributed by atoms with Gasteiger partial charge in [0, 0.05) is 19.3 Å². The molecule has 1 fully saturated rings. The van der Waals surface area contributed by atoms with Crippen LogP contribution in [-0.4, -0.2) is 35.3 Å². The van der Waals surface area contributed by atoms with Gasteiger partial charge in [-0.25, -0.2) is 4.79 Å². The third-order valence-corrected chi connectivity index (χ3v) is 4.64. The van der Waals surface area contributed by atoms with Crippen molar-refractivity contribution in [3.63, 3.8) is 0 Å². The van der Waals surface area contributed by atoms with Crippen molar-refractivity contribution in [1.29, 1.82) is 0 Å². The summed E-state index contributed by atoms with van der Waals surface area (Å²) >= 11 is 0. The van der Waals surface area contributed by atoms with E-state index in [0.717, 1.165) is 19.3 Å². The minimum atomic E-state index is -0.814. The number of nitrogens with one attached hydrogen (secondary N) is 1. The summed E-state index contributed by atoms with van der Waals surface area (Å²) in [4.78, 5) is 50.6. The molecule has 1 saturated heterocycles. The molecule has 0 unspecified atom stereocenters. The highest BCUT2D eigenvalue weighted by Gasteiger charge is 2.32. The Morgan fingerprint density at radius 3 is 1.85 bits per heavy atom. The van der Waals surface area contributed by atoms with Gasteiger partial charge in [0.05, 0.1) is 0 Å². The summed E-state index contributed by atoms with van der Waals surface area (Å²) in [5.74, 6) is -2.09. The molecule has 0 aromatic heterocycles. The quantitative estimate of drug-likeness (QED) is 0.346. The van der Waals surface area contributed by atoms with E-state index >= 15 is 0 Å². The fourth-order valence-electron chi connectivity index (χ4n) is 3.00.